The number of nitrogens with zero attached hydrogens (tertiary/aromatic N) is 5. The number of hydrogen-bond acceptors (Lipinski definition) is 8. The Morgan fingerprint density at radius 3 is 2.59 bits per heavy atom. The van der Waals surface area contributed by atoms with E-state index in [-0.39, 0.29) is 5.95 Å². The average Bonchev–Trinajstić information content (AvgIpc) is 2.63. The summed E-state index contributed by atoms with van der Waals surface area (Å²) in [6.45, 7) is 1.85. The van der Waals surface area contributed by atoms with Crippen molar-refractivity contribution in [2.24, 2.45) is 0 Å². The summed E-state index contributed by atoms with van der Waals surface area (Å²) in [7, 11) is 3.66. The zero-order valence-corrected chi connectivity index (χ0v) is 10.5. The number of nitrogens with two attached hydrogens (primary N) is 1. The Balaban J connectivity index is 2.26. The third-order valence-electron chi connectivity index (χ3n) is 1.80. The van der Waals surface area contributed by atoms with E-state index in [1.165, 1.54) is 11.8 Å². The Hall–Kier alpha value is -1.83. The molecule has 17 heavy (non-hydrogen) atoms. The van der Waals surface area contributed by atoms with Crippen LogP contribution in [0.3, 0.4) is 0 Å². The van der Waals surface area contributed by atoms with Crippen LogP contribution in [-0.4, -0.2) is 34.0 Å². The van der Waals surface area contributed by atoms with Gasteiger partial charge in [0.05, 0.1) is 5.69 Å². The molecule has 7 nitrogen and oxygen atoms in total. The van der Waals surface area contributed by atoms with Crippen LogP contribution < -0.4 is 10.6 Å². The van der Waals surface area contributed by atoms with Crippen molar-refractivity contribution in [1.29, 1.82) is 0 Å². The molecule has 0 unspecified atom stereocenters. The Morgan fingerprint density at radius 1 is 1.24 bits per heavy atom. The lowest BCUT2D eigenvalue weighted by Crippen LogP contribution is -2.15. The van der Waals surface area contributed by atoms with Gasteiger partial charge in [-0.3, -0.25) is 0 Å². The Bertz CT molecular complexity index is 526. The first-order valence-corrected chi connectivity index (χ1v) is 5.65. The minimum atomic E-state index is 0.175. The second-order valence-electron chi connectivity index (χ2n) is 3.53. The van der Waals surface area contributed by atoms with Gasteiger partial charge in [0, 0.05) is 25.9 Å². The van der Waals surface area contributed by atoms with Gasteiger partial charge < -0.3 is 15.1 Å². The predicted molar refractivity (Wildman–Crippen MR) is 63.9 cm³/mol. The first-order valence-electron chi connectivity index (χ1n) is 4.83. The molecule has 0 aliphatic heterocycles. The van der Waals surface area contributed by atoms with Crippen LogP contribution in [0.15, 0.2) is 21.1 Å². The molecule has 0 radical (unpaired) electrons. The minimum Gasteiger partial charge on any atom is -0.439 e. The molecule has 90 valence electrons. The summed E-state index contributed by atoms with van der Waals surface area (Å²) in [6.07, 6.45) is 1.57. The molecule has 0 saturated carbocycles. The lowest BCUT2D eigenvalue weighted by Gasteiger charge is -2.10. The van der Waals surface area contributed by atoms with Crippen molar-refractivity contribution in [2.75, 3.05) is 24.7 Å². The summed E-state index contributed by atoms with van der Waals surface area (Å²) in [4.78, 5) is 18.1. The fourth-order valence-corrected chi connectivity index (χ4v) is 1.77. The highest BCUT2D eigenvalue weighted by Crippen LogP contribution is 2.24. The first kappa shape index (κ1) is 11.6. The normalized spacial score (nSPS) is 10.5. The molecule has 0 aliphatic rings. The maximum absolute atomic E-state index is 5.60. The van der Waals surface area contributed by atoms with Gasteiger partial charge in [-0.25, -0.2) is 4.98 Å². The molecule has 2 heterocycles. The molecule has 0 aromatic carbocycles. The number of aryl methyl sites for hydroxylation is 1. The topological polar surface area (TPSA) is 94.0 Å². The van der Waals surface area contributed by atoms with Gasteiger partial charge in [0.2, 0.25) is 17.1 Å². The maximum Gasteiger partial charge on any atom is 0.263 e. The molecule has 0 bridgehead atoms. The van der Waals surface area contributed by atoms with E-state index in [1.54, 1.807) is 11.2 Å². The van der Waals surface area contributed by atoms with E-state index in [4.69, 9.17) is 10.2 Å². The quantitative estimate of drug-likeness (QED) is 0.863. The third kappa shape index (κ3) is 2.84. The number of rotatable bonds is 3. The number of oxazole rings is 1. The highest BCUT2D eigenvalue weighted by atomic mass is 32.2. The first-order chi connectivity index (χ1) is 8.04. The van der Waals surface area contributed by atoms with Crippen LogP contribution in [0, 0.1) is 6.92 Å². The number of anilines is 2. The molecule has 2 N–H and O–H groups in total. The number of hydrogen-bond donors (Lipinski definition) is 1. The van der Waals surface area contributed by atoms with Gasteiger partial charge in [-0.2, -0.15) is 15.0 Å². The van der Waals surface area contributed by atoms with E-state index in [9.17, 15) is 0 Å². The number of aromatic nitrogens is 4. The molecule has 2 aromatic rings. The Labute approximate surface area is 102 Å². The minimum absolute atomic E-state index is 0.175. The summed E-state index contributed by atoms with van der Waals surface area (Å²) in [5.74, 6) is 0.678. The molecule has 2 rings (SSSR count). The van der Waals surface area contributed by atoms with E-state index >= 15 is 0 Å². The molecule has 8 heteroatoms. The van der Waals surface area contributed by atoms with Crippen LogP contribution in [0.4, 0.5) is 11.9 Å². The predicted octanol–water partition coefficient (Wildman–Crippen LogP) is 0.967. The van der Waals surface area contributed by atoms with Crippen LogP contribution >= 0.6 is 11.8 Å². The van der Waals surface area contributed by atoms with E-state index < -0.39 is 0 Å². The van der Waals surface area contributed by atoms with Crippen LogP contribution in [-0.2, 0) is 0 Å². The van der Waals surface area contributed by atoms with Crippen molar-refractivity contribution in [1.82, 2.24) is 19.9 Å². The highest BCUT2D eigenvalue weighted by molar-refractivity contribution is 7.98. The summed E-state index contributed by atoms with van der Waals surface area (Å²) < 4.78 is 5.21. The van der Waals surface area contributed by atoms with Crippen molar-refractivity contribution >= 4 is 23.7 Å². The fraction of sp³-hybridized carbons (Fsp3) is 0.333. The highest BCUT2D eigenvalue weighted by Gasteiger charge is 2.10. The van der Waals surface area contributed by atoms with Crippen LogP contribution in [0.1, 0.15) is 5.69 Å². The van der Waals surface area contributed by atoms with Gasteiger partial charge in [0.25, 0.3) is 5.22 Å². The summed E-state index contributed by atoms with van der Waals surface area (Å²) in [5, 5.41) is 0.945. The molecule has 0 fully saturated rings. The van der Waals surface area contributed by atoms with Gasteiger partial charge in [0.15, 0.2) is 0 Å². The van der Waals surface area contributed by atoms with Gasteiger partial charge in [-0.15, -0.1) is 0 Å². The molecule has 0 amide bonds. The standard InChI is InChI=1S/C9H12N6OS/c1-5-4-16-9(11-5)17-8-13-6(10)12-7(14-8)15(2)3/h4H,1-3H3,(H2,10,12,13,14). The summed E-state index contributed by atoms with van der Waals surface area (Å²) in [6, 6.07) is 0. The van der Waals surface area contributed by atoms with Crippen LogP contribution in [0.5, 0.6) is 0 Å². The zero-order valence-electron chi connectivity index (χ0n) is 9.71. The zero-order chi connectivity index (χ0) is 12.4. The fourth-order valence-electron chi connectivity index (χ4n) is 1.06. The van der Waals surface area contributed by atoms with Crippen LogP contribution in [0.2, 0.25) is 0 Å². The van der Waals surface area contributed by atoms with Crippen LogP contribution in [0.25, 0.3) is 0 Å². The SMILES string of the molecule is Cc1coc(Sc2nc(N)nc(N(C)C)n2)n1. The summed E-state index contributed by atoms with van der Waals surface area (Å²) >= 11 is 1.21. The average molecular weight is 252 g/mol. The van der Waals surface area contributed by atoms with Gasteiger partial charge >= 0.3 is 0 Å². The van der Waals surface area contributed by atoms with E-state index in [0.717, 1.165) is 5.69 Å². The largest absolute Gasteiger partial charge is 0.439 e. The molecular weight excluding hydrogens is 240 g/mol. The molecule has 2 aromatic heterocycles. The van der Waals surface area contributed by atoms with E-state index in [2.05, 4.69) is 19.9 Å². The molecular formula is C9H12N6OS. The van der Waals surface area contributed by atoms with Gasteiger partial charge in [0.1, 0.15) is 6.26 Å². The van der Waals surface area contributed by atoms with E-state index in [0.29, 0.717) is 16.3 Å². The second kappa shape index (κ2) is 4.58. The molecule has 0 saturated heterocycles. The smallest absolute Gasteiger partial charge is 0.263 e. The lowest BCUT2D eigenvalue weighted by molar-refractivity contribution is 0.453. The van der Waals surface area contributed by atoms with Crippen molar-refractivity contribution in [3.63, 3.8) is 0 Å². The van der Waals surface area contributed by atoms with Crippen molar-refractivity contribution in [3.8, 4) is 0 Å². The molecule has 0 atom stereocenters. The Morgan fingerprint density at radius 2 is 2.00 bits per heavy atom. The van der Waals surface area contributed by atoms with Crippen molar-refractivity contribution in [3.05, 3.63) is 12.0 Å². The van der Waals surface area contributed by atoms with Crippen molar-refractivity contribution < 1.29 is 4.42 Å². The van der Waals surface area contributed by atoms with Crippen molar-refractivity contribution in [2.45, 2.75) is 17.3 Å². The number of nitrogen functional groups attached to an aromatic ring is 1. The Kier molecular flexibility index (Phi) is 3.14. The second-order valence-corrected chi connectivity index (χ2v) is 4.45. The molecule has 0 spiro atoms. The summed E-state index contributed by atoms with van der Waals surface area (Å²) in [5.41, 5.74) is 6.41. The maximum atomic E-state index is 5.60. The third-order valence-corrected chi connectivity index (χ3v) is 2.52. The molecule has 0 aliphatic carbocycles. The van der Waals surface area contributed by atoms with E-state index in [1.807, 2.05) is 21.0 Å². The van der Waals surface area contributed by atoms with Gasteiger partial charge in [-0.1, -0.05) is 0 Å². The monoisotopic (exact) mass is 252 g/mol. The van der Waals surface area contributed by atoms with Gasteiger partial charge in [-0.05, 0) is 6.92 Å². The lowest BCUT2D eigenvalue weighted by atomic mass is 10.6.